The predicted octanol–water partition coefficient (Wildman–Crippen LogP) is 2.75. The minimum Gasteiger partial charge on any atom is -0.481 e. The molecule has 1 aliphatic rings. The molecule has 132 valence electrons. The van der Waals surface area contributed by atoms with Gasteiger partial charge in [0.15, 0.2) is 0 Å². The largest absolute Gasteiger partial charge is 0.481 e. The zero-order chi connectivity index (χ0) is 17.6. The second kappa shape index (κ2) is 8.49. The Morgan fingerprint density at radius 1 is 1.21 bits per heavy atom. The van der Waals surface area contributed by atoms with Crippen molar-refractivity contribution in [1.29, 1.82) is 0 Å². The molecule has 0 radical (unpaired) electrons. The van der Waals surface area contributed by atoms with E-state index in [1.165, 1.54) is 0 Å². The molecule has 1 amide bonds. The highest BCUT2D eigenvalue weighted by Gasteiger charge is 2.35. The smallest absolute Gasteiger partial charge is 0.303 e. The summed E-state index contributed by atoms with van der Waals surface area (Å²) in [6.45, 7) is 0.381. The number of benzene rings is 1. The SMILES string of the molecule is N[C@H](Cc1ccc(Cl)cc1)C(=O)NCC1(CC(=O)O)CCCCC1. The summed E-state index contributed by atoms with van der Waals surface area (Å²) in [5.74, 6) is -1.04. The van der Waals surface area contributed by atoms with Gasteiger partial charge in [-0.25, -0.2) is 0 Å². The van der Waals surface area contributed by atoms with Gasteiger partial charge >= 0.3 is 5.97 Å². The number of nitrogens with one attached hydrogen (secondary N) is 1. The molecular weight excluding hydrogens is 328 g/mol. The van der Waals surface area contributed by atoms with Crippen molar-refractivity contribution in [2.45, 2.75) is 51.0 Å². The molecule has 4 N–H and O–H groups in total. The Kier molecular flexibility index (Phi) is 6.63. The molecule has 0 spiro atoms. The molecule has 6 heteroatoms. The first-order valence-electron chi connectivity index (χ1n) is 8.40. The molecule has 0 unspecified atom stereocenters. The summed E-state index contributed by atoms with van der Waals surface area (Å²) in [7, 11) is 0. The van der Waals surface area contributed by atoms with E-state index in [9.17, 15) is 14.7 Å². The maximum absolute atomic E-state index is 12.3. The van der Waals surface area contributed by atoms with Gasteiger partial charge in [-0.2, -0.15) is 0 Å². The first kappa shape index (κ1) is 18.7. The molecule has 0 saturated heterocycles. The van der Waals surface area contributed by atoms with Gasteiger partial charge in [-0.15, -0.1) is 0 Å². The molecule has 0 heterocycles. The minimum atomic E-state index is -0.809. The number of aliphatic carboxylic acids is 1. The first-order valence-corrected chi connectivity index (χ1v) is 8.78. The third kappa shape index (κ3) is 5.49. The summed E-state index contributed by atoms with van der Waals surface area (Å²) >= 11 is 5.84. The number of hydrogen-bond acceptors (Lipinski definition) is 3. The van der Waals surface area contributed by atoms with Crippen LogP contribution in [0.3, 0.4) is 0 Å². The quantitative estimate of drug-likeness (QED) is 0.703. The highest BCUT2D eigenvalue weighted by atomic mass is 35.5. The summed E-state index contributed by atoms with van der Waals surface area (Å²) in [4.78, 5) is 23.4. The number of carboxylic acids is 1. The van der Waals surface area contributed by atoms with Crippen molar-refractivity contribution in [3.63, 3.8) is 0 Å². The number of carbonyl (C=O) groups excluding carboxylic acids is 1. The van der Waals surface area contributed by atoms with Crippen molar-refractivity contribution in [2.75, 3.05) is 6.54 Å². The van der Waals surface area contributed by atoms with Gasteiger partial charge in [0, 0.05) is 11.6 Å². The maximum Gasteiger partial charge on any atom is 0.303 e. The van der Waals surface area contributed by atoms with Gasteiger partial charge < -0.3 is 16.2 Å². The zero-order valence-electron chi connectivity index (χ0n) is 13.8. The van der Waals surface area contributed by atoms with E-state index in [1.807, 2.05) is 12.1 Å². The van der Waals surface area contributed by atoms with Crippen LogP contribution in [0.2, 0.25) is 5.02 Å². The van der Waals surface area contributed by atoms with Crippen LogP contribution in [-0.4, -0.2) is 29.6 Å². The van der Waals surface area contributed by atoms with E-state index in [2.05, 4.69) is 5.32 Å². The first-order chi connectivity index (χ1) is 11.4. The monoisotopic (exact) mass is 352 g/mol. The molecule has 1 atom stereocenters. The second-order valence-electron chi connectivity index (χ2n) is 6.79. The van der Waals surface area contributed by atoms with Gasteiger partial charge in [0.1, 0.15) is 0 Å². The summed E-state index contributed by atoms with van der Waals surface area (Å²) < 4.78 is 0. The molecule has 1 saturated carbocycles. The zero-order valence-corrected chi connectivity index (χ0v) is 14.5. The van der Waals surface area contributed by atoms with Gasteiger partial charge in [-0.3, -0.25) is 9.59 Å². The topological polar surface area (TPSA) is 92.4 Å². The van der Waals surface area contributed by atoms with Crippen molar-refractivity contribution in [1.82, 2.24) is 5.32 Å². The van der Waals surface area contributed by atoms with E-state index >= 15 is 0 Å². The van der Waals surface area contributed by atoms with E-state index in [-0.39, 0.29) is 17.7 Å². The fraction of sp³-hybridized carbons (Fsp3) is 0.556. The van der Waals surface area contributed by atoms with Crippen LogP contribution in [0.5, 0.6) is 0 Å². The lowest BCUT2D eigenvalue weighted by Crippen LogP contribution is -2.47. The normalized spacial score (nSPS) is 17.9. The van der Waals surface area contributed by atoms with Gasteiger partial charge in [-0.1, -0.05) is 43.0 Å². The Hall–Kier alpha value is -1.59. The third-order valence-corrected chi connectivity index (χ3v) is 5.04. The number of amides is 1. The molecule has 5 nitrogen and oxygen atoms in total. The van der Waals surface area contributed by atoms with Crippen LogP contribution in [0.1, 0.15) is 44.1 Å². The van der Waals surface area contributed by atoms with Gasteiger partial charge in [-0.05, 0) is 42.4 Å². The molecule has 1 fully saturated rings. The number of nitrogens with two attached hydrogens (primary N) is 1. The van der Waals surface area contributed by atoms with Crippen LogP contribution in [0.4, 0.5) is 0 Å². The average molecular weight is 353 g/mol. The van der Waals surface area contributed by atoms with Gasteiger partial charge in [0.2, 0.25) is 5.91 Å². The Morgan fingerprint density at radius 2 is 1.83 bits per heavy atom. The lowest BCUT2D eigenvalue weighted by atomic mass is 9.71. The molecule has 0 aromatic heterocycles. The number of hydrogen-bond donors (Lipinski definition) is 3. The van der Waals surface area contributed by atoms with Crippen molar-refractivity contribution >= 4 is 23.5 Å². The number of rotatable bonds is 7. The fourth-order valence-electron chi connectivity index (χ4n) is 3.41. The Morgan fingerprint density at radius 3 is 2.42 bits per heavy atom. The summed E-state index contributed by atoms with van der Waals surface area (Å²) in [6.07, 6.45) is 5.36. The lowest BCUT2D eigenvalue weighted by molar-refractivity contribution is -0.140. The number of carboxylic acid groups (broad SMARTS) is 1. The van der Waals surface area contributed by atoms with Crippen molar-refractivity contribution in [3.05, 3.63) is 34.9 Å². The standard InChI is InChI=1S/C18H25ClN2O3/c19-14-6-4-13(5-7-14)10-15(20)17(24)21-12-18(11-16(22)23)8-2-1-3-9-18/h4-7,15H,1-3,8-12,20H2,(H,21,24)(H,22,23)/t15-/m1/s1. The highest BCUT2D eigenvalue weighted by Crippen LogP contribution is 2.38. The molecule has 1 aliphatic carbocycles. The van der Waals surface area contributed by atoms with Gasteiger partial charge in [0.25, 0.3) is 0 Å². The van der Waals surface area contributed by atoms with E-state index < -0.39 is 12.0 Å². The van der Waals surface area contributed by atoms with Gasteiger partial charge in [0.05, 0.1) is 12.5 Å². The minimum absolute atomic E-state index is 0.0969. The molecular formula is C18H25ClN2O3. The number of carbonyl (C=O) groups is 2. The molecule has 0 bridgehead atoms. The molecule has 0 aliphatic heterocycles. The van der Waals surface area contributed by atoms with Crippen molar-refractivity contribution in [2.24, 2.45) is 11.1 Å². The summed E-state index contributed by atoms with van der Waals surface area (Å²) in [5.41, 5.74) is 6.60. The van der Waals surface area contributed by atoms with Crippen molar-refractivity contribution < 1.29 is 14.7 Å². The van der Waals surface area contributed by atoms with Crippen LogP contribution >= 0.6 is 11.6 Å². The fourth-order valence-corrected chi connectivity index (χ4v) is 3.54. The molecule has 1 aromatic rings. The summed E-state index contributed by atoms with van der Waals surface area (Å²) in [6, 6.07) is 6.58. The third-order valence-electron chi connectivity index (χ3n) is 4.78. The van der Waals surface area contributed by atoms with Crippen LogP contribution in [0, 0.1) is 5.41 Å². The molecule has 1 aromatic carbocycles. The predicted molar refractivity (Wildman–Crippen MR) is 93.9 cm³/mol. The Balaban J connectivity index is 1.89. The molecule has 24 heavy (non-hydrogen) atoms. The van der Waals surface area contributed by atoms with E-state index in [0.29, 0.717) is 18.0 Å². The lowest BCUT2D eigenvalue weighted by Gasteiger charge is -2.36. The summed E-state index contributed by atoms with van der Waals surface area (Å²) in [5, 5.41) is 12.7. The second-order valence-corrected chi connectivity index (χ2v) is 7.22. The Bertz CT molecular complexity index is 568. The van der Waals surface area contributed by atoms with E-state index in [1.54, 1.807) is 12.1 Å². The Labute approximate surface area is 147 Å². The van der Waals surface area contributed by atoms with E-state index in [4.69, 9.17) is 17.3 Å². The van der Waals surface area contributed by atoms with Crippen LogP contribution in [-0.2, 0) is 16.0 Å². The molecule has 2 rings (SSSR count). The van der Waals surface area contributed by atoms with Crippen LogP contribution in [0.25, 0.3) is 0 Å². The van der Waals surface area contributed by atoms with Crippen molar-refractivity contribution in [3.8, 4) is 0 Å². The van der Waals surface area contributed by atoms with E-state index in [0.717, 1.165) is 37.7 Å². The maximum atomic E-state index is 12.3. The van der Waals surface area contributed by atoms with Crippen LogP contribution in [0.15, 0.2) is 24.3 Å². The highest BCUT2D eigenvalue weighted by molar-refractivity contribution is 6.30. The average Bonchev–Trinajstić information content (AvgIpc) is 2.55. The van der Waals surface area contributed by atoms with Crippen LogP contribution < -0.4 is 11.1 Å². The number of halogens is 1.